The predicted octanol–water partition coefficient (Wildman–Crippen LogP) is 3.82. The highest BCUT2D eigenvalue weighted by Gasteiger charge is 2.24. The summed E-state index contributed by atoms with van der Waals surface area (Å²) in [6, 6.07) is 6.47. The van der Waals surface area contributed by atoms with Gasteiger partial charge in [-0.25, -0.2) is 4.98 Å². The number of alkyl halides is 3. The van der Waals surface area contributed by atoms with E-state index in [0.29, 0.717) is 34.9 Å². The lowest BCUT2D eigenvalue weighted by atomic mass is 10.2. The molecule has 0 aliphatic rings. The first kappa shape index (κ1) is 16.8. The normalized spacial score (nSPS) is 11.3. The Balaban J connectivity index is 2.15. The number of benzene rings is 1. The third-order valence-corrected chi connectivity index (χ3v) is 3.63. The summed E-state index contributed by atoms with van der Waals surface area (Å²) in [5, 5.41) is 12.8. The van der Waals surface area contributed by atoms with Crippen molar-refractivity contribution in [1.29, 1.82) is 0 Å². The van der Waals surface area contributed by atoms with Gasteiger partial charge in [0, 0.05) is 23.9 Å². The van der Waals surface area contributed by atoms with E-state index in [-0.39, 0.29) is 5.75 Å². The SMILES string of the molecule is COc1ccc(O)c(CNc2ncc(C(Cl)(Cl)Cl)cc2N)c1. The van der Waals surface area contributed by atoms with Crippen LogP contribution in [0.3, 0.4) is 0 Å². The summed E-state index contributed by atoms with van der Waals surface area (Å²) < 4.78 is 3.54. The number of aromatic hydroxyl groups is 1. The van der Waals surface area contributed by atoms with Crippen LogP contribution < -0.4 is 15.8 Å². The Kier molecular flexibility index (Phi) is 5.11. The second-order valence-electron chi connectivity index (χ2n) is 4.51. The van der Waals surface area contributed by atoms with Crippen molar-refractivity contribution in [2.24, 2.45) is 0 Å². The molecule has 0 saturated heterocycles. The maximum absolute atomic E-state index is 9.83. The fraction of sp³-hybridized carbons (Fsp3) is 0.214. The number of rotatable bonds is 4. The van der Waals surface area contributed by atoms with Gasteiger partial charge in [-0.05, 0) is 24.3 Å². The van der Waals surface area contributed by atoms with Crippen LogP contribution in [0, 0.1) is 0 Å². The maximum atomic E-state index is 9.83. The van der Waals surface area contributed by atoms with Crippen molar-refractivity contribution in [3.05, 3.63) is 41.6 Å². The molecular weight excluding hydrogens is 349 g/mol. The summed E-state index contributed by atoms with van der Waals surface area (Å²) in [6.45, 7) is 0.313. The number of anilines is 2. The molecule has 0 radical (unpaired) electrons. The molecule has 0 amide bonds. The first-order valence-corrected chi connectivity index (χ1v) is 7.37. The number of phenolic OH excluding ortho intramolecular Hbond substituents is 1. The van der Waals surface area contributed by atoms with Gasteiger partial charge < -0.3 is 20.9 Å². The lowest BCUT2D eigenvalue weighted by Crippen LogP contribution is -2.08. The van der Waals surface area contributed by atoms with E-state index in [9.17, 15) is 5.11 Å². The van der Waals surface area contributed by atoms with Gasteiger partial charge in [-0.3, -0.25) is 0 Å². The van der Waals surface area contributed by atoms with Crippen LogP contribution in [0.1, 0.15) is 11.1 Å². The number of nitrogen functional groups attached to an aromatic ring is 1. The minimum atomic E-state index is -1.58. The minimum absolute atomic E-state index is 0.143. The molecule has 0 unspecified atom stereocenters. The van der Waals surface area contributed by atoms with Crippen molar-refractivity contribution in [2.45, 2.75) is 10.3 Å². The Hall–Kier alpha value is -1.56. The molecule has 8 heteroatoms. The van der Waals surface area contributed by atoms with Crippen molar-refractivity contribution in [1.82, 2.24) is 4.98 Å². The average molecular weight is 363 g/mol. The molecule has 1 aromatic carbocycles. The van der Waals surface area contributed by atoms with Crippen LogP contribution >= 0.6 is 34.8 Å². The number of nitrogens with two attached hydrogens (primary N) is 1. The molecule has 0 aliphatic heterocycles. The zero-order chi connectivity index (χ0) is 16.3. The quantitative estimate of drug-likeness (QED) is 0.721. The van der Waals surface area contributed by atoms with Gasteiger partial charge in [0.1, 0.15) is 17.3 Å². The lowest BCUT2D eigenvalue weighted by molar-refractivity contribution is 0.411. The third-order valence-electron chi connectivity index (χ3n) is 2.98. The number of methoxy groups -OCH3 is 1. The Morgan fingerprint density at radius 2 is 2.05 bits per heavy atom. The van der Waals surface area contributed by atoms with Crippen LogP contribution in [-0.2, 0) is 10.3 Å². The number of hydrogen-bond acceptors (Lipinski definition) is 5. The van der Waals surface area contributed by atoms with Crippen molar-refractivity contribution >= 4 is 46.3 Å². The van der Waals surface area contributed by atoms with Crippen LogP contribution in [-0.4, -0.2) is 17.2 Å². The summed E-state index contributed by atoms with van der Waals surface area (Å²) >= 11 is 17.3. The highest BCUT2D eigenvalue weighted by atomic mass is 35.6. The van der Waals surface area contributed by atoms with E-state index in [4.69, 9.17) is 45.3 Å². The number of hydrogen-bond donors (Lipinski definition) is 3. The molecule has 2 rings (SSSR count). The minimum Gasteiger partial charge on any atom is -0.508 e. The fourth-order valence-corrected chi connectivity index (χ4v) is 2.10. The summed E-state index contributed by atoms with van der Waals surface area (Å²) in [4.78, 5) is 4.13. The summed E-state index contributed by atoms with van der Waals surface area (Å²) in [5.74, 6) is 1.21. The largest absolute Gasteiger partial charge is 0.508 e. The Morgan fingerprint density at radius 3 is 2.64 bits per heavy atom. The van der Waals surface area contributed by atoms with Gasteiger partial charge in [-0.1, -0.05) is 34.8 Å². The average Bonchev–Trinajstić information content (AvgIpc) is 2.46. The number of pyridine rings is 1. The van der Waals surface area contributed by atoms with Gasteiger partial charge in [0.05, 0.1) is 12.8 Å². The second kappa shape index (κ2) is 6.69. The van der Waals surface area contributed by atoms with Crippen LogP contribution in [0.25, 0.3) is 0 Å². The van der Waals surface area contributed by atoms with Gasteiger partial charge in [0.15, 0.2) is 0 Å². The van der Waals surface area contributed by atoms with Crippen LogP contribution in [0.4, 0.5) is 11.5 Å². The summed E-state index contributed by atoms with van der Waals surface area (Å²) in [6.07, 6.45) is 1.43. The van der Waals surface area contributed by atoms with Gasteiger partial charge in [-0.15, -0.1) is 0 Å². The second-order valence-corrected chi connectivity index (χ2v) is 6.79. The number of phenols is 1. The number of halogens is 3. The molecule has 0 fully saturated rings. The van der Waals surface area contributed by atoms with Crippen molar-refractivity contribution in [3.63, 3.8) is 0 Å². The van der Waals surface area contributed by atoms with Crippen LogP contribution in [0.15, 0.2) is 30.5 Å². The molecule has 2 aromatic rings. The molecule has 22 heavy (non-hydrogen) atoms. The maximum Gasteiger partial charge on any atom is 0.217 e. The van der Waals surface area contributed by atoms with E-state index < -0.39 is 3.79 Å². The van der Waals surface area contributed by atoms with Gasteiger partial charge >= 0.3 is 0 Å². The van der Waals surface area contributed by atoms with Crippen LogP contribution in [0.5, 0.6) is 11.5 Å². The fourth-order valence-electron chi connectivity index (χ4n) is 1.79. The third kappa shape index (κ3) is 4.00. The molecule has 0 aliphatic carbocycles. The van der Waals surface area contributed by atoms with E-state index >= 15 is 0 Å². The van der Waals surface area contributed by atoms with Crippen LogP contribution in [0.2, 0.25) is 0 Å². The summed E-state index contributed by atoms with van der Waals surface area (Å²) in [7, 11) is 1.55. The zero-order valence-corrected chi connectivity index (χ0v) is 13.9. The van der Waals surface area contributed by atoms with E-state index in [1.165, 1.54) is 12.3 Å². The van der Waals surface area contributed by atoms with E-state index in [1.54, 1.807) is 25.3 Å². The molecule has 1 heterocycles. The number of nitrogens with zero attached hydrogens (tertiary/aromatic N) is 1. The van der Waals surface area contributed by atoms with E-state index in [1.807, 2.05) is 0 Å². The molecule has 5 nitrogen and oxygen atoms in total. The molecular formula is C14H14Cl3N3O2. The predicted molar refractivity (Wildman–Crippen MR) is 89.9 cm³/mol. The zero-order valence-electron chi connectivity index (χ0n) is 11.6. The monoisotopic (exact) mass is 361 g/mol. The smallest absolute Gasteiger partial charge is 0.217 e. The Morgan fingerprint density at radius 1 is 1.32 bits per heavy atom. The number of ether oxygens (including phenoxy) is 1. The molecule has 0 atom stereocenters. The Labute approximate surface area is 143 Å². The van der Waals surface area contributed by atoms with Crippen molar-refractivity contribution in [3.8, 4) is 11.5 Å². The standard InChI is InChI=1S/C14H14Cl3N3O2/c1-22-10-2-3-12(21)8(4-10)6-19-13-11(18)5-9(7-20-13)14(15,16)17/h2-5,7,21H,6,18H2,1H3,(H,19,20). The van der Waals surface area contributed by atoms with Gasteiger partial charge in [-0.2, -0.15) is 0 Å². The molecule has 1 aromatic heterocycles. The van der Waals surface area contributed by atoms with E-state index in [0.717, 1.165) is 0 Å². The lowest BCUT2D eigenvalue weighted by Gasteiger charge is -2.14. The molecule has 0 spiro atoms. The molecule has 0 bridgehead atoms. The van der Waals surface area contributed by atoms with Crippen molar-refractivity contribution < 1.29 is 9.84 Å². The first-order valence-electron chi connectivity index (χ1n) is 6.23. The van der Waals surface area contributed by atoms with Gasteiger partial charge in [0.2, 0.25) is 3.79 Å². The molecule has 118 valence electrons. The highest BCUT2D eigenvalue weighted by molar-refractivity contribution is 6.66. The summed E-state index contributed by atoms with van der Waals surface area (Å²) in [5.41, 5.74) is 7.25. The molecule has 0 saturated carbocycles. The topological polar surface area (TPSA) is 80.4 Å². The first-order chi connectivity index (χ1) is 10.3. The number of aromatic nitrogens is 1. The Bertz CT molecular complexity index is 675. The number of nitrogens with one attached hydrogen (secondary N) is 1. The highest BCUT2D eigenvalue weighted by Crippen LogP contribution is 2.39. The van der Waals surface area contributed by atoms with Crippen molar-refractivity contribution in [2.75, 3.05) is 18.2 Å². The molecule has 4 N–H and O–H groups in total. The van der Waals surface area contributed by atoms with E-state index in [2.05, 4.69) is 10.3 Å². The van der Waals surface area contributed by atoms with Gasteiger partial charge in [0.25, 0.3) is 0 Å².